The molecule has 2 aromatic carbocycles. The van der Waals surface area contributed by atoms with E-state index in [0.29, 0.717) is 35.7 Å². The molecule has 0 aliphatic carbocycles. The van der Waals surface area contributed by atoms with Gasteiger partial charge >= 0.3 is 24.1 Å². The highest BCUT2D eigenvalue weighted by Gasteiger charge is 2.25. The van der Waals surface area contributed by atoms with Gasteiger partial charge in [0.1, 0.15) is 22.7 Å². The molecule has 258 valence electrons. The first-order valence-electron chi connectivity index (χ1n) is 15.3. The molecule has 0 saturated carbocycles. The average Bonchev–Trinajstić information content (AvgIpc) is 2.98. The fourth-order valence-corrected chi connectivity index (χ4v) is 4.09. The van der Waals surface area contributed by atoms with Gasteiger partial charge in [-0.2, -0.15) is 0 Å². The van der Waals surface area contributed by atoms with Crippen LogP contribution in [-0.4, -0.2) is 48.5 Å². The molecule has 0 fully saturated rings. The van der Waals surface area contributed by atoms with E-state index in [4.69, 9.17) is 38.9 Å². The quantitative estimate of drug-likeness (QED) is 0.0776. The number of carbonyl (C=O) groups is 4. The highest BCUT2D eigenvalue weighted by Crippen LogP contribution is 2.25. The Hall–Kier alpha value is -5.50. The summed E-state index contributed by atoms with van der Waals surface area (Å²) in [5, 5.41) is 22.6. The van der Waals surface area contributed by atoms with Crippen molar-refractivity contribution in [2.45, 2.75) is 91.3 Å². The highest BCUT2D eigenvalue weighted by atomic mass is 16.6. The van der Waals surface area contributed by atoms with Gasteiger partial charge in [-0.1, -0.05) is 12.1 Å². The zero-order chi connectivity index (χ0) is 35.7. The number of benzene rings is 2. The first-order valence-corrected chi connectivity index (χ1v) is 15.3. The molecule has 0 aliphatic rings. The fraction of sp³-hybridized carbons (Fsp3) is 0.471. The van der Waals surface area contributed by atoms with Crippen LogP contribution in [-0.2, 0) is 28.5 Å². The van der Waals surface area contributed by atoms with Crippen molar-refractivity contribution in [3.05, 3.63) is 47.5 Å². The van der Waals surface area contributed by atoms with Crippen LogP contribution >= 0.6 is 0 Å². The molecule has 0 spiro atoms. The smallest absolute Gasteiger partial charge is 0.412 e. The van der Waals surface area contributed by atoms with Crippen molar-refractivity contribution >= 4 is 35.5 Å². The van der Waals surface area contributed by atoms with E-state index in [2.05, 4.69) is 10.6 Å². The largest absolute Gasteiger partial charge is 0.466 e. The zero-order valence-electron chi connectivity index (χ0n) is 28.1. The molecule has 0 atom stereocenters. The number of esters is 2. The molecule has 0 saturated heterocycles. The topological polar surface area (TPSA) is 195 Å². The molecule has 0 radical (unpaired) electrons. The van der Waals surface area contributed by atoms with Gasteiger partial charge in [-0.25, -0.2) is 9.59 Å². The summed E-state index contributed by atoms with van der Waals surface area (Å²) in [6.45, 7) is 10.3. The number of aryl methyl sites for hydroxylation is 2. The van der Waals surface area contributed by atoms with Gasteiger partial charge in [0.2, 0.25) is 0 Å². The van der Waals surface area contributed by atoms with Crippen LogP contribution in [0.5, 0.6) is 11.5 Å². The summed E-state index contributed by atoms with van der Waals surface area (Å²) in [5.74, 6) is -0.253. The summed E-state index contributed by atoms with van der Waals surface area (Å²) < 4.78 is 31.1. The summed E-state index contributed by atoms with van der Waals surface area (Å²) in [6.07, 6.45) is 3.28. The maximum absolute atomic E-state index is 12.4. The lowest BCUT2D eigenvalue weighted by Gasteiger charge is -2.25. The minimum atomic E-state index is -0.939. The molecule has 14 nitrogen and oxygen atoms in total. The molecule has 0 unspecified atom stereocenters. The van der Waals surface area contributed by atoms with Crippen LogP contribution in [0.2, 0.25) is 0 Å². The van der Waals surface area contributed by atoms with Crippen molar-refractivity contribution in [3.63, 3.8) is 0 Å². The van der Waals surface area contributed by atoms with Crippen LogP contribution in [0.3, 0.4) is 0 Å². The Morgan fingerprint density at radius 1 is 0.667 bits per heavy atom. The van der Waals surface area contributed by atoms with Crippen LogP contribution in [0.4, 0.5) is 21.0 Å². The molecule has 2 aromatic rings. The van der Waals surface area contributed by atoms with Gasteiger partial charge in [-0.05, 0) is 77.6 Å². The van der Waals surface area contributed by atoms with Crippen LogP contribution < -0.4 is 20.1 Å². The van der Waals surface area contributed by atoms with Crippen LogP contribution in [0.1, 0.15) is 77.3 Å². The predicted molar refractivity (Wildman–Crippen MR) is 173 cm³/mol. The van der Waals surface area contributed by atoms with E-state index in [1.165, 1.54) is 12.1 Å². The van der Waals surface area contributed by atoms with Crippen LogP contribution in [0, 0.1) is 36.9 Å². The second-order valence-corrected chi connectivity index (χ2v) is 12.0. The average molecular weight is 667 g/mol. The van der Waals surface area contributed by atoms with Crippen molar-refractivity contribution in [2.75, 3.05) is 23.8 Å². The number of anilines is 2. The normalized spacial score (nSPS) is 10.8. The number of nitrogens with one attached hydrogen (secondary N) is 2. The molecule has 2 amide bonds. The van der Waals surface area contributed by atoms with Gasteiger partial charge in [-0.3, -0.25) is 20.2 Å². The van der Waals surface area contributed by atoms with E-state index in [1.54, 1.807) is 78.3 Å². The second kappa shape index (κ2) is 18.6. The summed E-state index contributed by atoms with van der Waals surface area (Å²) in [7, 11) is 0. The first kappa shape index (κ1) is 38.7. The molecule has 2 N–H and O–H groups in total. The summed E-state index contributed by atoms with van der Waals surface area (Å²) in [4.78, 5) is 49.0. The molecule has 48 heavy (non-hydrogen) atoms. The minimum Gasteiger partial charge on any atom is -0.466 e. The van der Waals surface area contributed by atoms with Crippen molar-refractivity contribution in [1.29, 1.82) is 10.5 Å². The van der Waals surface area contributed by atoms with E-state index >= 15 is 0 Å². The Morgan fingerprint density at radius 2 is 1.12 bits per heavy atom. The van der Waals surface area contributed by atoms with Gasteiger partial charge in [0.25, 0.3) is 12.5 Å². The van der Waals surface area contributed by atoms with E-state index in [1.807, 2.05) is 0 Å². The van der Waals surface area contributed by atoms with Gasteiger partial charge < -0.3 is 28.4 Å². The van der Waals surface area contributed by atoms with Gasteiger partial charge in [0.05, 0.1) is 13.2 Å². The molecule has 14 heteroatoms. The van der Waals surface area contributed by atoms with E-state index in [0.717, 1.165) is 11.1 Å². The number of unbranched alkanes of at least 4 members (excludes halogenated alkanes) is 1. The van der Waals surface area contributed by atoms with Gasteiger partial charge in [0, 0.05) is 49.2 Å². The lowest BCUT2D eigenvalue weighted by molar-refractivity contribution is -0.158. The van der Waals surface area contributed by atoms with Gasteiger partial charge in [0.15, 0.2) is 0 Å². The molecule has 0 bridgehead atoms. The molecule has 0 heterocycles. The van der Waals surface area contributed by atoms with Crippen molar-refractivity contribution in [1.82, 2.24) is 0 Å². The van der Waals surface area contributed by atoms with Crippen LogP contribution in [0.25, 0.3) is 0 Å². The maximum atomic E-state index is 12.4. The third-order valence-corrected chi connectivity index (χ3v) is 6.86. The Balaban J connectivity index is 1.60. The highest BCUT2D eigenvalue weighted by molar-refractivity contribution is 5.85. The Kier molecular flexibility index (Phi) is 15.0. The lowest BCUT2D eigenvalue weighted by atomic mass is 10.1. The monoisotopic (exact) mass is 666 g/mol. The van der Waals surface area contributed by atoms with Crippen LogP contribution in [0.15, 0.2) is 36.4 Å². The lowest BCUT2D eigenvalue weighted by Crippen LogP contribution is -2.32. The van der Waals surface area contributed by atoms with Gasteiger partial charge in [-0.15, -0.1) is 10.5 Å². The fourth-order valence-electron chi connectivity index (χ4n) is 4.09. The van der Waals surface area contributed by atoms with E-state index in [-0.39, 0.29) is 38.9 Å². The maximum Gasteiger partial charge on any atom is 0.412 e. The molecule has 0 aliphatic heterocycles. The zero-order valence-corrected chi connectivity index (χ0v) is 28.1. The third-order valence-electron chi connectivity index (χ3n) is 6.86. The standard InChI is InChI=1S/C34H42N4O10/c1-23-11-13-25(19-27(23)45-21-35)37-31(41)44-18-16-33(3,4)47-30(40)10-8-7-9-29(39)43-17-15-34(5,6)48-32(42)38-26-14-12-24(2)28(20-26)46-22-36/h11-14,19-20H,7-10,15-18H2,1-6H3,(H,37,41)(H,38,42). The third kappa shape index (κ3) is 14.7. The number of hydrogen-bond donors (Lipinski definition) is 2. The Bertz CT molecular complexity index is 1520. The Morgan fingerprint density at radius 3 is 1.65 bits per heavy atom. The predicted octanol–water partition coefficient (Wildman–Crippen LogP) is 6.80. The van der Waals surface area contributed by atoms with Crippen molar-refractivity contribution in [2.24, 2.45) is 0 Å². The number of rotatable bonds is 17. The van der Waals surface area contributed by atoms with Crippen molar-refractivity contribution < 1.29 is 47.6 Å². The number of nitrogens with zero attached hydrogens (tertiary/aromatic N) is 2. The second-order valence-electron chi connectivity index (χ2n) is 12.0. The minimum absolute atomic E-state index is 0.00968. The molecule has 2 rings (SSSR count). The number of nitriles is 2. The van der Waals surface area contributed by atoms with E-state index < -0.39 is 35.3 Å². The summed E-state index contributed by atoms with van der Waals surface area (Å²) in [6, 6.07) is 9.69. The number of amides is 2. The SMILES string of the molecule is Cc1ccc(NC(=O)OCCC(C)(C)OC(=O)CCCCC(=O)OCCC(C)(C)OC(=O)Nc2ccc(C)c(OC#N)c2)cc1OC#N. The molecular weight excluding hydrogens is 624 g/mol. The Labute approximate surface area is 280 Å². The number of ether oxygens (including phenoxy) is 6. The van der Waals surface area contributed by atoms with E-state index in [9.17, 15) is 19.2 Å². The van der Waals surface area contributed by atoms with Crippen molar-refractivity contribution in [3.8, 4) is 24.0 Å². The number of carbonyl (C=O) groups excluding carboxylic acids is 4. The molecular formula is C34H42N4O10. The molecule has 0 aromatic heterocycles. The number of hydrogen-bond acceptors (Lipinski definition) is 12. The summed E-state index contributed by atoms with van der Waals surface area (Å²) >= 11 is 0. The first-order chi connectivity index (χ1) is 22.6. The summed E-state index contributed by atoms with van der Waals surface area (Å²) in [5.41, 5.74) is 0.414.